The molecule has 0 radical (unpaired) electrons. The van der Waals surface area contributed by atoms with Gasteiger partial charge in [0.2, 0.25) is 0 Å². The first-order chi connectivity index (χ1) is 8.85. The van der Waals surface area contributed by atoms with Crippen LogP contribution in [0.3, 0.4) is 0 Å². The van der Waals surface area contributed by atoms with Gasteiger partial charge < -0.3 is 10.4 Å². The molecule has 0 aliphatic carbocycles. The van der Waals surface area contributed by atoms with Gasteiger partial charge >= 0.3 is 0 Å². The fourth-order valence-corrected chi connectivity index (χ4v) is 1.79. The lowest BCUT2D eigenvalue weighted by Crippen LogP contribution is -2.43. The third-order valence-corrected chi connectivity index (χ3v) is 3.20. The summed E-state index contributed by atoms with van der Waals surface area (Å²) in [6.07, 6.45) is 0.629. The highest BCUT2D eigenvalue weighted by molar-refractivity contribution is 5.97. The third kappa shape index (κ3) is 5.09. The average Bonchev–Trinajstić information content (AvgIpc) is 2.36. The van der Waals surface area contributed by atoms with E-state index in [9.17, 15) is 9.18 Å². The number of rotatable bonds is 7. The Balaban J connectivity index is 2.56. The maximum atomic E-state index is 12.8. The summed E-state index contributed by atoms with van der Waals surface area (Å²) in [4.78, 5) is 12.1. The van der Waals surface area contributed by atoms with Crippen molar-refractivity contribution in [2.75, 3.05) is 13.2 Å². The molecule has 0 aliphatic heterocycles. The zero-order chi connectivity index (χ0) is 14.5. The van der Waals surface area contributed by atoms with E-state index in [0.717, 1.165) is 0 Å². The molecule has 0 fully saturated rings. The largest absolute Gasteiger partial charge is 0.396 e. The Kier molecular flexibility index (Phi) is 5.63. The number of nitrogens with one attached hydrogen (secondary N) is 1. The highest BCUT2D eigenvalue weighted by Gasteiger charge is 2.20. The van der Waals surface area contributed by atoms with Gasteiger partial charge in [-0.05, 0) is 44.5 Å². The molecule has 1 aromatic carbocycles. The van der Waals surface area contributed by atoms with E-state index in [1.165, 1.54) is 24.3 Å². The third-order valence-electron chi connectivity index (χ3n) is 3.20. The van der Waals surface area contributed by atoms with Gasteiger partial charge in [0.15, 0.2) is 5.78 Å². The van der Waals surface area contributed by atoms with Gasteiger partial charge in [0, 0.05) is 30.2 Å². The van der Waals surface area contributed by atoms with Gasteiger partial charge in [0.25, 0.3) is 0 Å². The van der Waals surface area contributed by atoms with Crippen molar-refractivity contribution >= 4 is 5.78 Å². The molecule has 0 aliphatic rings. The summed E-state index contributed by atoms with van der Waals surface area (Å²) >= 11 is 0. The van der Waals surface area contributed by atoms with Crippen molar-refractivity contribution in [1.29, 1.82) is 0 Å². The van der Waals surface area contributed by atoms with Crippen molar-refractivity contribution in [3.8, 4) is 0 Å². The number of Topliss-reactive ketones (excluding diaryl/α,β-unsaturated/α-hetero) is 1. The molecule has 1 unspecified atom stereocenters. The van der Waals surface area contributed by atoms with E-state index in [4.69, 9.17) is 5.11 Å². The fraction of sp³-hybridized carbons (Fsp3) is 0.533. The van der Waals surface area contributed by atoms with Crippen LogP contribution in [0.25, 0.3) is 0 Å². The van der Waals surface area contributed by atoms with Gasteiger partial charge in [-0.25, -0.2) is 4.39 Å². The summed E-state index contributed by atoms with van der Waals surface area (Å²) in [5.41, 5.74) is 0.321. The van der Waals surface area contributed by atoms with Gasteiger partial charge in [0.1, 0.15) is 5.82 Å². The number of carbonyl (C=O) groups is 1. The molecule has 4 heteroatoms. The Hall–Kier alpha value is -1.26. The Morgan fingerprint density at radius 3 is 2.47 bits per heavy atom. The quantitative estimate of drug-likeness (QED) is 0.746. The number of halogens is 1. The molecule has 0 spiro atoms. The van der Waals surface area contributed by atoms with E-state index in [1.807, 2.05) is 20.8 Å². The molecule has 0 saturated heterocycles. The van der Waals surface area contributed by atoms with Crippen LogP contribution in [0, 0.1) is 11.7 Å². The van der Waals surface area contributed by atoms with Gasteiger partial charge in [-0.2, -0.15) is 0 Å². The smallest absolute Gasteiger partial charge is 0.166 e. The van der Waals surface area contributed by atoms with Crippen LogP contribution in [-0.2, 0) is 0 Å². The second-order valence-corrected chi connectivity index (χ2v) is 5.51. The molecule has 3 nitrogen and oxygen atoms in total. The van der Waals surface area contributed by atoms with Crippen LogP contribution >= 0.6 is 0 Å². The van der Waals surface area contributed by atoms with Crippen LogP contribution in [0.2, 0.25) is 0 Å². The molecule has 106 valence electrons. The zero-order valence-electron chi connectivity index (χ0n) is 11.7. The van der Waals surface area contributed by atoms with Crippen LogP contribution < -0.4 is 5.32 Å². The predicted molar refractivity (Wildman–Crippen MR) is 73.7 cm³/mol. The van der Waals surface area contributed by atoms with E-state index >= 15 is 0 Å². The molecule has 1 aromatic rings. The molecular formula is C15H22FNO2. The van der Waals surface area contributed by atoms with Gasteiger partial charge in [-0.15, -0.1) is 0 Å². The Labute approximate surface area is 113 Å². The number of hydrogen-bond acceptors (Lipinski definition) is 3. The first kappa shape index (κ1) is 15.8. The number of benzene rings is 1. The summed E-state index contributed by atoms with van der Waals surface area (Å²) in [6, 6.07) is 5.60. The van der Waals surface area contributed by atoms with Crippen molar-refractivity contribution < 1.29 is 14.3 Å². The van der Waals surface area contributed by atoms with Crippen LogP contribution in [0.1, 0.15) is 37.6 Å². The molecule has 2 N–H and O–H groups in total. The molecule has 0 aromatic heterocycles. The van der Waals surface area contributed by atoms with E-state index in [1.54, 1.807) is 0 Å². The lowest BCUT2D eigenvalue weighted by molar-refractivity contribution is 0.0922. The first-order valence-electron chi connectivity index (χ1n) is 6.51. The average molecular weight is 267 g/mol. The molecule has 0 heterocycles. The standard InChI is InChI=1S/C15H22FNO2/c1-11(10-17-15(2,3)8-9-18)14(19)12-4-6-13(16)7-5-12/h4-7,11,17-18H,8-10H2,1-3H3. The second kappa shape index (κ2) is 6.78. The Morgan fingerprint density at radius 2 is 1.95 bits per heavy atom. The lowest BCUT2D eigenvalue weighted by atomic mass is 9.96. The van der Waals surface area contributed by atoms with Crippen molar-refractivity contribution in [1.82, 2.24) is 5.32 Å². The SMILES string of the molecule is CC(CNC(C)(C)CCO)C(=O)c1ccc(F)cc1. The Bertz CT molecular complexity index is 415. The minimum Gasteiger partial charge on any atom is -0.396 e. The molecule has 1 atom stereocenters. The summed E-state index contributed by atoms with van der Waals surface area (Å²) < 4.78 is 12.8. The van der Waals surface area contributed by atoms with Crippen LogP contribution in [0.5, 0.6) is 0 Å². The van der Waals surface area contributed by atoms with Crippen LogP contribution in [0.4, 0.5) is 4.39 Å². The highest BCUT2D eigenvalue weighted by atomic mass is 19.1. The van der Waals surface area contributed by atoms with Crippen LogP contribution in [-0.4, -0.2) is 29.6 Å². The van der Waals surface area contributed by atoms with Gasteiger partial charge in [0.05, 0.1) is 0 Å². The number of aliphatic hydroxyl groups excluding tert-OH is 1. The minimum atomic E-state index is -0.341. The summed E-state index contributed by atoms with van der Waals surface area (Å²) in [5.74, 6) is -0.540. The van der Waals surface area contributed by atoms with Crippen molar-refractivity contribution in [2.24, 2.45) is 5.92 Å². The second-order valence-electron chi connectivity index (χ2n) is 5.51. The molecule has 0 amide bonds. The molecule has 19 heavy (non-hydrogen) atoms. The van der Waals surface area contributed by atoms with E-state index in [0.29, 0.717) is 18.5 Å². The van der Waals surface area contributed by atoms with Crippen molar-refractivity contribution in [3.63, 3.8) is 0 Å². The highest BCUT2D eigenvalue weighted by Crippen LogP contribution is 2.12. The number of hydrogen-bond donors (Lipinski definition) is 2. The number of aliphatic hydroxyl groups is 1. The zero-order valence-corrected chi connectivity index (χ0v) is 11.7. The lowest BCUT2D eigenvalue weighted by Gasteiger charge is -2.27. The summed E-state index contributed by atoms with van der Waals surface area (Å²) in [5, 5.41) is 12.2. The minimum absolute atomic E-state index is 0.00713. The fourth-order valence-electron chi connectivity index (χ4n) is 1.79. The number of ketones is 1. The monoisotopic (exact) mass is 267 g/mol. The molecule has 1 rings (SSSR count). The summed E-state index contributed by atoms with van der Waals surface area (Å²) in [6.45, 7) is 6.45. The van der Waals surface area contributed by atoms with Crippen molar-refractivity contribution in [2.45, 2.75) is 32.7 Å². The molecular weight excluding hydrogens is 245 g/mol. The van der Waals surface area contributed by atoms with Gasteiger partial charge in [-0.3, -0.25) is 4.79 Å². The van der Waals surface area contributed by atoms with Crippen LogP contribution in [0.15, 0.2) is 24.3 Å². The van der Waals surface area contributed by atoms with E-state index < -0.39 is 0 Å². The number of carbonyl (C=O) groups excluding carboxylic acids is 1. The molecule has 0 saturated carbocycles. The molecule has 0 bridgehead atoms. The van der Waals surface area contributed by atoms with Gasteiger partial charge in [-0.1, -0.05) is 6.92 Å². The maximum Gasteiger partial charge on any atom is 0.166 e. The summed E-state index contributed by atoms with van der Waals surface area (Å²) in [7, 11) is 0. The van der Waals surface area contributed by atoms with E-state index in [2.05, 4.69) is 5.32 Å². The Morgan fingerprint density at radius 1 is 1.37 bits per heavy atom. The maximum absolute atomic E-state index is 12.8. The normalized spacial score (nSPS) is 13.3. The predicted octanol–water partition coefficient (Wildman–Crippen LogP) is 2.40. The van der Waals surface area contributed by atoms with E-state index in [-0.39, 0.29) is 29.7 Å². The van der Waals surface area contributed by atoms with Crippen molar-refractivity contribution in [3.05, 3.63) is 35.6 Å². The first-order valence-corrected chi connectivity index (χ1v) is 6.51. The topological polar surface area (TPSA) is 49.3 Å².